The second-order valence-corrected chi connectivity index (χ2v) is 14.1. The van der Waals surface area contributed by atoms with E-state index in [9.17, 15) is 24.8 Å². The number of hydrogen-bond acceptors (Lipinski definition) is 10. The van der Waals surface area contributed by atoms with Crippen LogP contribution in [0.3, 0.4) is 0 Å². The molecule has 0 heterocycles. The minimum absolute atomic E-state index is 0.0278. The van der Waals surface area contributed by atoms with E-state index in [4.69, 9.17) is 28.4 Å². The average molecular weight is 768 g/mol. The lowest BCUT2D eigenvalue weighted by atomic mass is 9.79. The molecule has 0 aliphatic rings. The molecule has 6 unspecified atom stereocenters. The van der Waals surface area contributed by atoms with Gasteiger partial charge in [-0.05, 0) is 68.1 Å². The number of para-hydroxylation sites is 1. The van der Waals surface area contributed by atoms with Crippen molar-refractivity contribution in [3.63, 3.8) is 0 Å². The average Bonchev–Trinajstić information content (AvgIpc) is 3.20. The first kappa shape index (κ1) is 47.2. The third kappa shape index (κ3) is 20.5. The number of carboxylic acid groups (broad SMARTS) is 1. The van der Waals surface area contributed by atoms with Crippen molar-refractivity contribution >= 4 is 17.9 Å². The van der Waals surface area contributed by atoms with Crippen LogP contribution in [0, 0.1) is 40.9 Å². The first-order valence-corrected chi connectivity index (χ1v) is 20.1. The number of benzene rings is 2. The summed E-state index contributed by atoms with van der Waals surface area (Å²) in [7, 11) is 0. The number of unbranched alkanes of at least 4 members (excludes halogenated alkanes) is 1. The summed E-state index contributed by atoms with van der Waals surface area (Å²) in [4.78, 5) is 39.1. The lowest BCUT2D eigenvalue weighted by Gasteiger charge is -2.25. The van der Waals surface area contributed by atoms with Gasteiger partial charge in [0.15, 0.2) is 0 Å². The number of nitrogens with zero attached hydrogens (tertiary/aromatic N) is 1. The number of rotatable bonds is 32. The van der Waals surface area contributed by atoms with E-state index in [0.29, 0.717) is 46.1 Å². The lowest BCUT2D eigenvalue weighted by molar-refractivity contribution is -0.155. The lowest BCUT2D eigenvalue weighted by Crippen LogP contribution is -2.30. The maximum absolute atomic E-state index is 13.6. The molecule has 0 amide bonds. The van der Waals surface area contributed by atoms with Gasteiger partial charge in [0.2, 0.25) is 0 Å². The van der Waals surface area contributed by atoms with Crippen LogP contribution < -0.4 is 4.74 Å². The van der Waals surface area contributed by atoms with Crippen LogP contribution in [0.5, 0.6) is 5.75 Å². The summed E-state index contributed by atoms with van der Waals surface area (Å²) in [6.07, 6.45) is 5.32. The summed E-state index contributed by atoms with van der Waals surface area (Å²) >= 11 is 0. The third-order valence-electron chi connectivity index (χ3n) is 9.84. The minimum Gasteiger partial charge on any atom is -0.491 e. The van der Waals surface area contributed by atoms with Gasteiger partial charge in [0, 0.05) is 5.92 Å². The van der Waals surface area contributed by atoms with Crippen LogP contribution in [-0.4, -0.2) is 82.5 Å². The second-order valence-electron chi connectivity index (χ2n) is 14.1. The molecule has 0 radical (unpaired) electrons. The van der Waals surface area contributed by atoms with Crippen LogP contribution in [0.1, 0.15) is 97.0 Å². The monoisotopic (exact) mass is 767 g/mol. The number of carbonyl (C=O) groups excluding carboxylic acids is 2. The Morgan fingerprint density at radius 2 is 1.29 bits per heavy atom. The SMILES string of the molecule is CCCCC(CC)COC(=O)C(CC(C)C(=O)OCCOCCOCCOCCOc1ccccc1)CC(CC(C#N)CC(CC)c1ccccc1)C(=O)O. The van der Waals surface area contributed by atoms with Crippen molar-refractivity contribution in [1.82, 2.24) is 0 Å². The first-order chi connectivity index (χ1) is 26.7. The molecular weight excluding hydrogens is 702 g/mol. The number of carboxylic acids is 1. The third-order valence-corrected chi connectivity index (χ3v) is 9.84. The van der Waals surface area contributed by atoms with Gasteiger partial charge in [-0.2, -0.15) is 5.26 Å². The van der Waals surface area contributed by atoms with Gasteiger partial charge in [0.1, 0.15) is 19.0 Å². The standard InChI is InChI=1S/C44H65NO10/c1-5-8-15-35(6-2)33-55-44(49)40(31-39(42(46)47)30-36(32-45)29-37(7-3)38-16-11-9-12-17-38)28-34(4)43(48)54-27-25-52-23-21-50-20-22-51-24-26-53-41-18-13-10-14-19-41/h9-14,16-19,34-37,39-40H,5-8,15,20-31,33H2,1-4H3,(H,46,47). The Morgan fingerprint density at radius 1 is 0.691 bits per heavy atom. The molecule has 0 spiro atoms. The molecule has 2 aromatic carbocycles. The fourth-order valence-corrected chi connectivity index (χ4v) is 6.44. The van der Waals surface area contributed by atoms with Crippen LogP contribution in [0.4, 0.5) is 0 Å². The van der Waals surface area contributed by atoms with E-state index in [1.54, 1.807) is 6.92 Å². The van der Waals surface area contributed by atoms with Crippen molar-refractivity contribution in [1.29, 1.82) is 5.26 Å². The molecule has 0 saturated carbocycles. The van der Waals surface area contributed by atoms with Gasteiger partial charge in [-0.15, -0.1) is 0 Å². The van der Waals surface area contributed by atoms with Crippen molar-refractivity contribution < 1.29 is 47.9 Å². The largest absolute Gasteiger partial charge is 0.491 e. The van der Waals surface area contributed by atoms with Gasteiger partial charge >= 0.3 is 17.9 Å². The summed E-state index contributed by atoms with van der Waals surface area (Å²) in [5, 5.41) is 20.4. The predicted molar refractivity (Wildman–Crippen MR) is 210 cm³/mol. The van der Waals surface area contributed by atoms with Crippen LogP contribution in [0.25, 0.3) is 0 Å². The van der Waals surface area contributed by atoms with E-state index in [2.05, 4.69) is 26.8 Å². The highest BCUT2D eigenvalue weighted by molar-refractivity contribution is 5.77. The Balaban J connectivity index is 1.85. The van der Waals surface area contributed by atoms with Crippen molar-refractivity contribution in [2.75, 3.05) is 59.5 Å². The van der Waals surface area contributed by atoms with Gasteiger partial charge < -0.3 is 33.5 Å². The molecule has 306 valence electrons. The van der Waals surface area contributed by atoms with E-state index in [1.165, 1.54) is 0 Å². The van der Waals surface area contributed by atoms with Crippen molar-refractivity contribution in [3.8, 4) is 11.8 Å². The van der Waals surface area contributed by atoms with Crippen LogP contribution >= 0.6 is 0 Å². The number of aliphatic carboxylic acids is 1. The molecule has 2 rings (SSSR count). The van der Waals surface area contributed by atoms with Crippen LogP contribution in [0.2, 0.25) is 0 Å². The molecule has 0 bridgehead atoms. The smallest absolute Gasteiger partial charge is 0.308 e. The molecule has 0 aliphatic heterocycles. The molecule has 0 saturated heterocycles. The Kier molecular flexibility index (Phi) is 25.2. The molecule has 1 N–H and O–H groups in total. The number of carbonyl (C=O) groups is 3. The fourth-order valence-electron chi connectivity index (χ4n) is 6.44. The second kappa shape index (κ2) is 29.3. The molecule has 11 heteroatoms. The molecular formula is C44H65NO10. The van der Waals surface area contributed by atoms with Gasteiger partial charge in [-0.1, -0.05) is 95.5 Å². The minimum atomic E-state index is -1.07. The van der Waals surface area contributed by atoms with Gasteiger partial charge in [-0.3, -0.25) is 14.4 Å². The molecule has 2 aromatic rings. The van der Waals surface area contributed by atoms with E-state index in [0.717, 1.165) is 43.4 Å². The van der Waals surface area contributed by atoms with Crippen molar-refractivity contribution in [2.45, 2.75) is 91.4 Å². The topological polar surface area (TPSA) is 151 Å². The highest BCUT2D eigenvalue weighted by atomic mass is 16.6. The number of ether oxygens (including phenoxy) is 6. The van der Waals surface area contributed by atoms with Crippen molar-refractivity contribution in [2.24, 2.45) is 29.6 Å². The molecule has 6 atom stereocenters. The molecule has 11 nitrogen and oxygen atoms in total. The van der Waals surface area contributed by atoms with E-state index < -0.39 is 41.6 Å². The zero-order chi connectivity index (χ0) is 40.1. The molecule has 0 aliphatic carbocycles. The van der Waals surface area contributed by atoms with Gasteiger partial charge in [-0.25, -0.2) is 0 Å². The van der Waals surface area contributed by atoms with Gasteiger partial charge in [0.05, 0.1) is 70.1 Å². The van der Waals surface area contributed by atoms with E-state index >= 15 is 0 Å². The highest BCUT2D eigenvalue weighted by Crippen LogP contribution is 2.33. The zero-order valence-corrected chi connectivity index (χ0v) is 33.5. The number of nitriles is 1. The van der Waals surface area contributed by atoms with Crippen LogP contribution in [-0.2, 0) is 38.1 Å². The van der Waals surface area contributed by atoms with Crippen LogP contribution in [0.15, 0.2) is 60.7 Å². The highest BCUT2D eigenvalue weighted by Gasteiger charge is 2.34. The normalized spacial score (nSPS) is 14.5. The maximum Gasteiger partial charge on any atom is 0.308 e. The Labute approximate surface area is 329 Å². The molecule has 55 heavy (non-hydrogen) atoms. The summed E-state index contributed by atoms with van der Waals surface area (Å²) in [5.74, 6) is -4.00. The summed E-state index contributed by atoms with van der Waals surface area (Å²) in [6, 6.07) is 21.8. The summed E-state index contributed by atoms with van der Waals surface area (Å²) < 4.78 is 33.4. The molecule has 0 aromatic heterocycles. The first-order valence-electron chi connectivity index (χ1n) is 20.1. The van der Waals surface area contributed by atoms with Gasteiger partial charge in [0.25, 0.3) is 0 Å². The summed E-state index contributed by atoms with van der Waals surface area (Å²) in [6.45, 7) is 10.8. The zero-order valence-electron chi connectivity index (χ0n) is 33.5. The van der Waals surface area contributed by atoms with E-state index in [1.807, 2.05) is 60.7 Å². The predicted octanol–water partition coefficient (Wildman–Crippen LogP) is 8.27. The molecule has 0 fully saturated rings. The summed E-state index contributed by atoms with van der Waals surface area (Å²) in [5.41, 5.74) is 1.11. The Morgan fingerprint density at radius 3 is 1.85 bits per heavy atom. The quantitative estimate of drug-likeness (QED) is 0.0566. The number of esters is 2. The Bertz CT molecular complexity index is 1350. The van der Waals surface area contributed by atoms with Crippen molar-refractivity contribution in [3.05, 3.63) is 66.2 Å². The maximum atomic E-state index is 13.6. The fraction of sp³-hybridized carbons (Fsp3) is 0.636. The Hall–Kier alpha value is -3.98. The number of hydrogen-bond donors (Lipinski definition) is 1. The van der Waals surface area contributed by atoms with E-state index in [-0.39, 0.29) is 50.9 Å².